The largest absolute Gasteiger partial charge is 0.493 e. The molecule has 1 rings (SSSR count). The third-order valence-corrected chi connectivity index (χ3v) is 3.07. The molecule has 0 bridgehead atoms. The van der Waals surface area contributed by atoms with Crippen LogP contribution in [-0.2, 0) is 4.74 Å². The molecule has 0 saturated carbocycles. The van der Waals surface area contributed by atoms with Crippen molar-refractivity contribution >= 4 is 21.8 Å². The molecule has 0 aliphatic carbocycles. The van der Waals surface area contributed by atoms with Crippen LogP contribution in [0.15, 0.2) is 18.2 Å². The summed E-state index contributed by atoms with van der Waals surface area (Å²) >= 11 is 3.41. The highest BCUT2D eigenvalue weighted by molar-refractivity contribution is 9.09. The summed E-state index contributed by atoms with van der Waals surface area (Å²) in [6.45, 7) is 1.02. The van der Waals surface area contributed by atoms with Crippen molar-refractivity contribution in [3.05, 3.63) is 23.8 Å². The zero-order chi connectivity index (χ0) is 14.3. The zero-order valence-electron chi connectivity index (χ0n) is 11.2. The van der Waals surface area contributed by atoms with E-state index in [-0.39, 0.29) is 10.7 Å². The highest BCUT2D eigenvalue weighted by atomic mass is 79.9. The minimum atomic E-state index is -0.165. The lowest BCUT2D eigenvalue weighted by molar-refractivity contribution is 0.0949. The van der Waals surface area contributed by atoms with Gasteiger partial charge in [-0.15, -0.1) is 0 Å². The summed E-state index contributed by atoms with van der Waals surface area (Å²) in [4.78, 5) is 12.0. The van der Waals surface area contributed by atoms with Crippen molar-refractivity contribution in [3.63, 3.8) is 0 Å². The number of carbonyl (C=O) groups excluding carboxylic acids is 1. The number of amides is 1. The van der Waals surface area contributed by atoms with Crippen LogP contribution < -0.4 is 14.8 Å². The molecule has 1 atom stereocenters. The first kappa shape index (κ1) is 15.8. The summed E-state index contributed by atoms with van der Waals surface area (Å²) in [5.41, 5.74) is 0.523. The summed E-state index contributed by atoms with van der Waals surface area (Å²) < 4.78 is 15.3. The Morgan fingerprint density at radius 3 is 2.53 bits per heavy atom. The number of hydrogen-bond donors (Lipinski definition) is 1. The Kier molecular flexibility index (Phi) is 6.66. The van der Waals surface area contributed by atoms with Crippen LogP contribution in [0.25, 0.3) is 0 Å². The molecule has 0 heterocycles. The van der Waals surface area contributed by atoms with Gasteiger partial charge in [-0.1, -0.05) is 15.9 Å². The van der Waals surface area contributed by atoms with Gasteiger partial charge in [-0.05, 0) is 18.2 Å². The smallest absolute Gasteiger partial charge is 0.251 e. The van der Waals surface area contributed by atoms with Crippen molar-refractivity contribution in [1.82, 2.24) is 5.32 Å². The quantitative estimate of drug-likeness (QED) is 0.774. The van der Waals surface area contributed by atoms with Crippen molar-refractivity contribution < 1.29 is 19.0 Å². The maximum atomic E-state index is 12.0. The van der Waals surface area contributed by atoms with Gasteiger partial charge >= 0.3 is 0 Å². The molecule has 0 aromatic heterocycles. The van der Waals surface area contributed by atoms with Crippen LogP contribution in [0.1, 0.15) is 10.4 Å². The van der Waals surface area contributed by atoms with Crippen molar-refractivity contribution in [2.45, 2.75) is 4.83 Å². The Morgan fingerprint density at radius 2 is 1.95 bits per heavy atom. The lowest BCUT2D eigenvalue weighted by Gasteiger charge is -2.12. The highest BCUT2D eigenvalue weighted by Crippen LogP contribution is 2.27. The summed E-state index contributed by atoms with van der Waals surface area (Å²) in [5.74, 6) is 0.959. The molecule has 106 valence electrons. The van der Waals surface area contributed by atoms with Gasteiger partial charge in [0.1, 0.15) is 0 Å². The van der Waals surface area contributed by atoms with Crippen LogP contribution in [0.4, 0.5) is 0 Å². The predicted molar refractivity (Wildman–Crippen MR) is 76.5 cm³/mol. The van der Waals surface area contributed by atoms with Crippen molar-refractivity contribution in [1.29, 1.82) is 0 Å². The number of benzene rings is 1. The van der Waals surface area contributed by atoms with E-state index in [2.05, 4.69) is 21.2 Å². The van der Waals surface area contributed by atoms with Crippen LogP contribution in [0.5, 0.6) is 11.5 Å². The van der Waals surface area contributed by atoms with E-state index in [4.69, 9.17) is 14.2 Å². The van der Waals surface area contributed by atoms with Gasteiger partial charge in [0.2, 0.25) is 0 Å². The van der Waals surface area contributed by atoms with E-state index in [0.717, 1.165) is 0 Å². The molecule has 1 amide bonds. The Labute approximate surface area is 121 Å². The molecule has 1 aromatic rings. The van der Waals surface area contributed by atoms with E-state index >= 15 is 0 Å². The van der Waals surface area contributed by atoms with Gasteiger partial charge in [-0.25, -0.2) is 0 Å². The summed E-state index contributed by atoms with van der Waals surface area (Å²) in [6, 6.07) is 5.04. The Balaban J connectivity index is 2.67. The molecule has 0 radical (unpaired) electrons. The molecule has 0 fully saturated rings. The Bertz CT molecular complexity index is 425. The van der Waals surface area contributed by atoms with Gasteiger partial charge in [0.15, 0.2) is 11.5 Å². The van der Waals surface area contributed by atoms with Crippen LogP contribution in [0.3, 0.4) is 0 Å². The van der Waals surface area contributed by atoms with E-state index in [1.54, 1.807) is 32.4 Å². The van der Waals surface area contributed by atoms with Gasteiger partial charge in [-0.2, -0.15) is 0 Å². The molecule has 0 aliphatic rings. The van der Waals surface area contributed by atoms with E-state index in [1.165, 1.54) is 7.11 Å². The fourth-order valence-electron chi connectivity index (χ4n) is 1.52. The summed E-state index contributed by atoms with van der Waals surface area (Å²) in [6.07, 6.45) is 0. The molecule has 1 unspecified atom stereocenters. The minimum absolute atomic E-state index is 0.0848. The first-order chi connectivity index (χ1) is 9.12. The number of rotatable bonds is 7. The first-order valence-electron chi connectivity index (χ1n) is 5.75. The van der Waals surface area contributed by atoms with Crippen LogP contribution >= 0.6 is 15.9 Å². The van der Waals surface area contributed by atoms with Crippen molar-refractivity contribution in [3.8, 4) is 11.5 Å². The molecular formula is C13H18BrNO4. The third kappa shape index (κ3) is 4.72. The number of carbonyl (C=O) groups is 1. The topological polar surface area (TPSA) is 56.8 Å². The third-order valence-electron chi connectivity index (χ3n) is 2.48. The maximum absolute atomic E-state index is 12.0. The number of alkyl halides is 1. The molecule has 0 aliphatic heterocycles. The number of hydrogen-bond acceptors (Lipinski definition) is 4. The molecule has 0 saturated heterocycles. The normalized spacial score (nSPS) is 11.8. The maximum Gasteiger partial charge on any atom is 0.251 e. The molecule has 19 heavy (non-hydrogen) atoms. The number of halogens is 1. The summed E-state index contributed by atoms with van der Waals surface area (Å²) in [5, 5.41) is 2.81. The monoisotopic (exact) mass is 331 g/mol. The molecule has 1 aromatic carbocycles. The first-order valence-corrected chi connectivity index (χ1v) is 6.67. The van der Waals surface area contributed by atoms with Gasteiger partial charge < -0.3 is 19.5 Å². The second kappa shape index (κ2) is 8.01. The van der Waals surface area contributed by atoms with Crippen molar-refractivity contribution in [2.75, 3.05) is 34.5 Å². The molecule has 5 nitrogen and oxygen atoms in total. The lowest BCUT2D eigenvalue weighted by Crippen LogP contribution is -2.31. The number of nitrogens with one attached hydrogen (secondary N) is 1. The average Bonchev–Trinajstić information content (AvgIpc) is 2.44. The predicted octanol–water partition coefficient (Wildman–Crippen LogP) is 1.84. The minimum Gasteiger partial charge on any atom is -0.493 e. The van der Waals surface area contributed by atoms with Crippen molar-refractivity contribution in [2.24, 2.45) is 0 Å². The van der Waals surface area contributed by atoms with E-state index in [1.807, 2.05) is 0 Å². The van der Waals surface area contributed by atoms with Gasteiger partial charge in [0.25, 0.3) is 5.91 Å². The van der Waals surface area contributed by atoms with E-state index < -0.39 is 0 Å². The van der Waals surface area contributed by atoms with Crippen LogP contribution in [0, 0.1) is 0 Å². The molecule has 6 heteroatoms. The summed E-state index contributed by atoms with van der Waals surface area (Å²) in [7, 11) is 4.70. The van der Waals surface area contributed by atoms with Gasteiger partial charge in [0.05, 0.1) is 25.7 Å². The zero-order valence-corrected chi connectivity index (χ0v) is 12.8. The average molecular weight is 332 g/mol. The number of ether oxygens (including phenoxy) is 3. The second-order valence-electron chi connectivity index (χ2n) is 3.83. The van der Waals surface area contributed by atoms with Crippen LogP contribution in [0.2, 0.25) is 0 Å². The van der Waals surface area contributed by atoms with Gasteiger partial charge in [0, 0.05) is 19.2 Å². The Hall–Kier alpha value is -1.27. The SMILES string of the molecule is COCC(Br)CNC(=O)c1ccc(OC)c(OC)c1. The number of methoxy groups -OCH3 is 3. The fraction of sp³-hybridized carbons (Fsp3) is 0.462. The molecular weight excluding hydrogens is 314 g/mol. The van der Waals surface area contributed by atoms with Crippen LogP contribution in [-0.4, -0.2) is 45.2 Å². The fourth-order valence-corrected chi connectivity index (χ4v) is 1.95. The molecule has 1 N–H and O–H groups in total. The van der Waals surface area contributed by atoms with E-state index in [9.17, 15) is 4.79 Å². The Morgan fingerprint density at radius 1 is 1.26 bits per heavy atom. The van der Waals surface area contributed by atoms with E-state index in [0.29, 0.717) is 30.2 Å². The standard InChI is InChI=1S/C13H18BrNO4/c1-17-8-10(14)7-15-13(16)9-4-5-11(18-2)12(6-9)19-3/h4-6,10H,7-8H2,1-3H3,(H,15,16). The van der Waals surface area contributed by atoms with Gasteiger partial charge in [-0.3, -0.25) is 4.79 Å². The lowest BCUT2D eigenvalue weighted by atomic mass is 10.2. The molecule has 0 spiro atoms. The second-order valence-corrected chi connectivity index (χ2v) is 5.13. The highest BCUT2D eigenvalue weighted by Gasteiger charge is 2.12.